The van der Waals surface area contributed by atoms with E-state index in [0.717, 1.165) is 5.01 Å². The number of primary amides is 1. The molecule has 0 bridgehead atoms. The number of carbonyl (C=O) groups excluding carboxylic acids is 9. The number of amides is 9. The van der Waals surface area contributed by atoms with Crippen LogP contribution >= 0.6 is 0 Å². The first-order valence-corrected chi connectivity index (χ1v) is 20.1. The predicted octanol–water partition coefficient (Wildman–Crippen LogP) is 1.71. The number of hydrogen-bond donors (Lipinski definition) is 7. The van der Waals surface area contributed by atoms with Gasteiger partial charge in [-0.2, -0.15) is 0 Å². The highest BCUT2D eigenvalue weighted by Crippen LogP contribution is 2.18. The normalized spacial score (nSPS) is 14.9. The average molecular weight is 873 g/mol. The van der Waals surface area contributed by atoms with Gasteiger partial charge in [-0.15, -0.1) is 0 Å². The summed E-state index contributed by atoms with van der Waals surface area (Å²) in [5.74, 6) is -7.95. The number of hydrogen-bond acceptors (Lipinski definition) is 13. The van der Waals surface area contributed by atoms with E-state index in [1.165, 1.54) is 34.6 Å². The van der Waals surface area contributed by atoms with Crippen LogP contribution in [0.3, 0.4) is 0 Å². The third-order valence-corrected chi connectivity index (χ3v) is 7.95. The molecular weight excluding hydrogens is 800 g/mol. The van der Waals surface area contributed by atoms with Gasteiger partial charge in [0.25, 0.3) is 17.7 Å². The largest absolute Gasteiger partial charge is 0.443 e. The molecule has 0 spiro atoms. The lowest BCUT2D eigenvalue weighted by Crippen LogP contribution is -2.67. The Kier molecular flexibility index (Phi) is 20.4. The maximum atomic E-state index is 14.4. The molecule has 9 amide bonds. The molecule has 0 unspecified atom stereocenters. The van der Waals surface area contributed by atoms with Crippen molar-refractivity contribution in [3.63, 3.8) is 0 Å². The van der Waals surface area contributed by atoms with Gasteiger partial charge in [-0.05, 0) is 101 Å². The molecule has 0 saturated carbocycles. The van der Waals surface area contributed by atoms with Crippen LogP contribution in [0.15, 0.2) is 0 Å². The molecule has 0 rings (SSSR count). The minimum Gasteiger partial charge on any atom is -0.443 e. The molecule has 0 heterocycles. The van der Waals surface area contributed by atoms with E-state index in [2.05, 4.69) is 26.9 Å². The van der Waals surface area contributed by atoms with Crippen LogP contribution in [0.4, 0.5) is 14.4 Å². The quantitative estimate of drug-likeness (QED) is 0.0968. The monoisotopic (exact) mass is 873 g/mol. The Morgan fingerprint density at radius 2 is 0.689 bits per heavy atom. The highest BCUT2D eigenvalue weighted by atomic mass is 16.6. The van der Waals surface area contributed by atoms with Gasteiger partial charge >= 0.3 is 18.3 Å². The zero-order valence-electron chi connectivity index (χ0n) is 39.1. The van der Waals surface area contributed by atoms with Crippen LogP contribution in [0.5, 0.6) is 0 Å². The minimum absolute atomic E-state index is 0.627. The van der Waals surface area contributed by atoms with Crippen LogP contribution in [0.1, 0.15) is 125 Å². The molecule has 0 radical (unpaired) electrons. The summed E-state index contributed by atoms with van der Waals surface area (Å²) in [5.41, 5.74) is 15.3. The third kappa shape index (κ3) is 18.8. The van der Waals surface area contributed by atoms with Crippen molar-refractivity contribution in [2.45, 2.75) is 178 Å². The van der Waals surface area contributed by atoms with E-state index >= 15 is 0 Å². The third-order valence-electron chi connectivity index (χ3n) is 7.95. The Labute approximate surface area is 359 Å². The molecule has 0 aliphatic rings. The van der Waals surface area contributed by atoms with Crippen LogP contribution in [0.2, 0.25) is 0 Å². The van der Waals surface area contributed by atoms with Gasteiger partial charge in [0.05, 0.1) is 6.04 Å². The number of nitrogens with zero attached hydrogens (tertiary/aromatic N) is 3. The van der Waals surface area contributed by atoms with Gasteiger partial charge in [0.1, 0.15) is 47.0 Å². The van der Waals surface area contributed by atoms with Crippen molar-refractivity contribution in [3.8, 4) is 0 Å². The molecular formula is C39H72N10O12. The van der Waals surface area contributed by atoms with E-state index in [9.17, 15) is 43.2 Å². The summed E-state index contributed by atoms with van der Waals surface area (Å²) in [6.45, 7) is 27.4. The maximum absolute atomic E-state index is 14.4. The summed E-state index contributed by atoms with van der Waals surface area (Å²) in [7, 11) is 0. The smallest absolute Gasteiger partial charge is 0.426 e. The molecule has 9 N–H and O–H groups in total. The van der Waals surface area contributed by atoms with Gasteiger partial charge in [0, 0.05) is 0 Å². The molecule has 0 aromatic heterocycles. The summed E-state index contributed by atoms with van der Waals surface area (Å²) >= 11 is 0. The Balaban J connectivity index is 7.05. The molecule has 0 aliphatic carbocycles. The first kappa shape index (κ1) is 55.6. The SMILES string of the molecule is CC(C)[C@@H](C(=O)N[C@@H](C)C(=O)N(NC(=O)OC(C)(C)C)[C@H](C(=O)N[C@@H](C)C(=O)N(NC(=O)OC(C)(C)C)[C@H](C(N)=O)C(C)C)C(C)C)N(NC(=O)OC(C)(C)C)C(=O)[C@H](C)N. The number of nitrogens with two attached hydrogens (primary N) is 2. The minimum atomic E-state index is -1.61. The number of nitrogens with one attached hydrogen (secondary N) is 5. The highest BCUT2D eigenvalue weighted by Gasteiger charge is 2.42. The van der Waals surface area contributed by atoms with E-state index in [4.69, 9.17) is 25.7 Å². The van der Waals surface area contributed by atoms with E-state index in [0.29, 0.717) is 10.0 Å². The van der Waals surface area contributed by atoms with Crippen molar-refractivity contribution in [1.82, 2.24) is 41.9 Å². The zero-order valence-corrected chi connectivity index (χ0v) is 39.1. The molecule has 61 heavy (non-hydrogen) atoms. The lowest BCUT2D eigenvalue weighted by Gasteiger charge is -2.38. The van der Waals surface area contributed by atoms with Gasteiger partial charge < -0.3 is 36.3 Å². The van der Waals surface area contributed by atoms with E-state index in [1.54, 1.807) is 90.0 Å². The molecule has 22 nitrogen and oxygen atoms in total. The average Bonchev–Trinajstić information content (AvgIpc) is 3.02. The molecule has 22 heteroatoms. The Morgan fingerprint density at radius 3 is 0.902 bits per heavy atom. The first-order valence-electron chi connectivity index (χ1n) is 20.1. The number of rotatable bonds is 14. The lowest BCUT2D eigenvalue weighted by molar-refractivity contribution is -0.152. The summed E-state index contributed by atoms with van der Waals surface area (Å²) in [5, 5.41) is 7.00. The molecule has 0 fully saturated rings. The Bertz CT molecular complexity index is 1600. The van der Waals surface area contributed by atoms with Crippen LogP contribution in [-0.2, 0) is 43.0 Å². The van der Waals surface area contributed by atoms with Crippen molar-refractivity contribution in [3.05, 3.63) is 0 Å². The number of ether oxygens (including phenoxy) is 3. The molecule has 0 aromatic rings. The van der Waals surface area contributed by atoms with Crippen LogP contribution < -0.4 is 38.4 Å². The number of carbonyl (C=O) groups is 9. The van der Waals surface area contributed by atoms with Crippen molar-refractivity contribution >= 4 is 53.7 Å². The van der Waals surface area contributed by atoms with Crippen LogP contribution in [-0.4, -0.2) is 122 Å². The molecule has 0 saturated heterocycles. The van der Waals surface area contributed by atoms with Gasteiger partial charge in [-0.1, -0.05) is 41.5 Å². The van der Waals surface area contributed by atoms with Crippen LogP contribution in [0, 0.1) is 17.8 Å². The van der Waals surface area contributed by atoms with Crippen molar-refractivity contribution in [2.75, 3.05) is 0 Å². The predicted molar refractivity (Wildman–Crippen MR) is 223 cm³/mol. The van der Waals surface area contributed by atoms with E-state index in [-0.39, 0.29) is 0 Å². The van der Waals surface area contributed by atoms with Gasteiger partial charge in [0.2, 0.25) is 17.7 Å². The molecule has 0 aromatic carbocycles. The summed E-state index contributed by atoms with van der Waals surface area (Å²) in [6.07, 6.45) is -3.31. The zero-order chi connectivity index (χ0) is 48.3. The van der Waals surface area contributed by atoms with Crippen molar-refractivity contribution in [1.29, 1.82) is 0 Å². The second-order valence-corrected chi connectivity index (χ2v) is 18.7. The Hall–Kier alpha value is -5.41. The lowest BCUT2D eigenvalue weighted by atomic mass is 10.00. The van der Waals surface area contributed by atoms with E-state index in [1.807, 2.05) is 0 Å². The second kappa shape index (κ2) is 22.4. The summed E-state index contributed by atoms with van der Waals surface area (Å²) in [6, 6.07) is -8.70. The fourth-order valence-electron chi connectivity index (χ4n) is 5.53. The van der Waals surface area contributed by atoms with Gasteiger partial charge in [-0.25, -0.2) is 45.7 Å². The Morgan fingerprint density at radius 1 is 0.443 bits per heavy atom. The van der Waals surface area contributed by atoms with Gasteiger partial charge in [0.15, 0.2) is 0 Å². The fourth-order valence-corrected chi connectivity index (χ4v) is 5.53. The first-order chi connectivity index (χ1) is 27.4. The van der Waals surface area contributed by atoms with E-state index < -0.39 is 125 Å². The standard InChI is InChI=1S/C39H72N10O12/c1-19(2)25(28(41)50)47(44-34(56)59-37(10,11)12)32(54)23(8)42-30(52)27(21(5)6)49(46-36(58)61-39(16,17)18)33(55)24(9)43-29(51)26(20(3)4)48(31(53)22(7)40)45-35(57)60-38(13,14)15/h19-27H,40H2,1-18H3,(H2,41,50)(H,42,52)(H,43,51)(H,44,56)(H,45,57)(H,46,58)/t22-,23-,24-,25-,26-,27-/m0/s1. The molecule has 0 aliphatic heterocycles. The topological polar surface area (TPSA) is 303 Å². The summed E-state index contributed by atoms with van der Waals surface area (Å²) in [4.78, 5) is 121. The summed E-state index contributed by atoms with van der Waals surface area (Å²) < 4.78 is 15.9. The fraction of sp³-hybridized carbons (Fsp3) is 0.769. The molecule has 350 valence electrons. The highest BCUT2D eigenvalue weighted by molar-refractivity contribution is 5.97. The van der Waals surface area contributed by atoms with Crippen LogP contribution in [0.25, 0.3) is 0 Å². The molecule has 6 atom stereocenters. The second-order valence-electron chi connectivity index (χ2n) is 18.7. The van der Waals surface area contributed by atoms with Crippen molar-refractivity contribution in [2.24, 2.45) is 29.2 Å². The number of hydrazine groups is 3. The van der Waals surface area contributed by atoms with Crippen molar-refractivity contribution < 1.29 is 57.4 Å². The van der Waals surface area contributed by atoms with Gasteiger partial charge in [-0.3, -0.25) is 28.8 Å². The maximum Gasteiger partial charge on any atom is 0.426 e.